The third-order valence-corrected chi connectivity index (χ3v) is 5.34. The summed E-state index contributed by atoms with van der Waals surface area (Å²) in [6.45, 7) is 1.42. The number of urea groups is 1. The summed E-state index contributed by atoms with van der Waals surface area (Å²) in [4.78, 5) is 27.2. The second-order valence-electron chi connectivity index (χ2n) is 6.85. The minimum atomic E-state index is -4.25. The number of hydrogen-bond donors (Lipinski definition) is 1. The topological polar surface area (TPSA) is 52.7 Å². The smallest absolute Gasteiger partial charge is 0.340 e. The van der Waals surface area contributed by atoms with E-state index in [1.54, 1.807) is 4.90 Å². The molecule has 2 aliphatic heterocycles. The van der Waals surface area contributed by atoms with Gasteiger partial charge in [-0.3, -0.25) is 4.79 Å². The van der Waals surface area contributed by atoms with Crippen LogP contribution in [0.1, 0.15) is 38.5 Å². The van der Waals surface area contributed by atoms with Crippen LogP contribution in [-0.2, 0) is 4.79 Å². The largest absolute Gasteiger partial charge is 0.396 e. The number of piperidine rings is 1. The second kappa shape index (κ2) is 5.87. The molecule has 2 saturated heterocycles. The van der Waals surface area contributed by atoms with Crippen molar-refractivity contribution in [2.45, 2.75) is 50.7 Å². The first-order chi connectivity index (χ1) is 10.8. The van der Waals surface area contributed by atoms with Gasteiger partial charge in [-0.2, -0.15) is 13.2 Å². The number of likely N-dealkylation sites (tertiary alicyclic amines) is 2. The molecule has 1 aliphatic carbocycles. The lowest BCUT2D eigenvalue weighted by Crippen LogP contribution is -2.51. The van der Waals surface area contributed by atoms with E-state index in [2.05, 4.69) is 5.32 Å². The van der Waals surface area contributed by atoms with E-state index in [4.69, 9.17) is 0 Å². The van der Waals surface area contributed by atoms with E-state index in [-0.39, 0.29) is 31.3 Å². The molecule has 0 spiro atoms. The first-order valence-electron chi connectivity index (χ1n) is 8.21. The number of carbonyl (C=O) groups is 2. The molecule has 1 N–H and O–H groups in total. The van der Waals surface area contributed by atoms with Gasteiger partial charge >= 0.3 is 12.2 Å². The third kappa shape index (κ3) is 3.26. The van der Waals surface area contributed by atoms with Crippen molar-refractivity contribution in [3.8, 4) is 0 Å². The summed E-state index contributed by atoms with van der Waals surface area (Å²) in [6.07, 6.45) is -1.18. The molecule has 2 heterocycles. The monoisotopic (exact) mass is 333 g/mol. The lowest BCUT2D eigenvalue weighted by atomic mass is 10.0. The average molecular weight is 333 g/mol. The normalized spacial score (nSPS) is 24.9. The molecule has 3 rings (SSSR count). The van der Waals surface area contributed by atoms with Crippen molar-refractivity contribution in [3.63, 3.8) is 0 Å². The Morgan fingerprint density at radius 3 is 2.35 bits per heavy atom. The van der Waals surface area contributed by atoms with Gasteiger partial charge in [0, 0.05) is 38.6 Å². The third-order valence-electron chi connectivity index (χ3n) is 5.34. The van der Waals surface area contributed by atoms with Gasteiger partial charge in [-0.05, 0) is 32.1 Å². The van der Waals surface area contributed by atoms with Crippen LogP contribution in [0.3, 0.4) is 0 Å². The summed E-state index contributed by atoms with van der Waals surface area (Å²) in [5.41, 5.74) is -1.71. The van der Waals surface area contributed by atoms with E-state index < -0.39 is 17.6 Å². The predicted molar refractivity (Wildman–Crippen MR) is 76.7 cm³/mol. The Morgan fingerprint density at radius 1 is 1.22 bits per heavy atom. The minimum Gasteiger partial charge on any atom is -0.340 e. The van der Waals surface area contributed by atoms with Gasteiger partial charge in [0.1, 0.15) is 0 Å². The van der Waals surface area contributed by atoms with Crippen molar-refractivity contribution in [3.05, 3.63) is 0 Å². The molecule has 0 bridgehead atoms. The highest BCUT2D eigenvalue weighted by Crippen LogP contribution is 2.57. The summed E-state index contributed by atoms with van der Waals surface area (Å²) >= 11 is 0. The van der Waals surface area contributed by atoms with Crippen LogP contribution in [0, 0.1) is 5.41 Å². The maximum atomic E-state index is 12.8. The molecule has 23 heavy (non-hydrogen) atoms. The van der Waals surface area contributed by atoms with Gasteiger partial charge in [0.15, 0.2) is 0 Å². The molecule has 130 valence electrons. The lowest BCUT2D eigenvalue weighted by molar-refractivity contribution is -0.184. The first kappa shape index (κ1) is 16.4. The van der Waals surface area contributed by atoms with Crippen molar-refractivity contribution in [1.82, 2.24) is 15.1 Å². The Kier molecular flexibility index (Phi) is 4.18. The van der Waals surface area contributed by atoms with Gasteiger partial charge in [-0.15, -0.1) is 0 Å². The molecular formula is C15H22F3N3O2. The number of amides is 3. The number of hydrogen-bond acceptors (Lipinski definition) is 2. The fourth-order valence-electron chi connectivity index (χ4n) is 3.50. The molecule has 0 aromatic rings. The number of rotatable bonds is 3. The number of alkyl halides is 3. The molecule has 0 radical (unpaired) electrons. The molecule has 0 atom stereocenters. The van der Waals surface area contributed by atoms with Crippen LogP contribution in [0.25, 0.3) is 0 Å². The molecule has 0 aromatic heterocycles. The van der Waals surface area contributed by atoms with Crippen LogP contribution in [-0.4, -0.2) is 60.1 Å². The second-order valence-corrected chi connectivity index (χ2v) is 6.85. The number of carbonyl (C=O) groups excluding carboxylic acids is 2. The number of halogens is 3. The maximum Gasteiger partial charge on any atom is 0.396 e. The highest BCUT2D eigenvalue weighted by Gasteiger charge is 2.63. The van der Waals surface area contributed by atoms with Crippen LogP contribution < -0.4 is 5.32 Å². The average Bonchev–Trinajstić information content (AvgIpc) is 3.20. The molecule has 1 saturated carbocycles. The summed E-state index contributed by atoms with van der Waals surface area (Å²) in [6, 6.07) is -0.259. The number of nitrogens with one attached hydrogen (secondary N) is 1. The Hall–Kier alpha value is -1.47. The van der Waals surface area contributed by atoms with Crippen LogP contribution in [0.15, 0.2) is 0 Å². The molecule has 8 heteroatoms. The van der Waals surface area contributed by atoms with E-state index in [0.717, 1.165) is 13.0 Å². The summed E-state index contributed by atoms with van der Waals surface area (Å²) < 4.78 is 38.5. The van der Waals surface area contributed by atoms with Crippen molar-refractivity contribution in [1.29, 1.82) is 0 Å². The first-order valence-corrected chi connectivity index (χ1v) is 8.21. The van der Waals surface area contributed by atoms with Gasteiger partial charge in [-0.1, -0.05) is 0 Å². The Bertz CT molecular complexity index is 483. The van der Waals surface area contributed by atoms with E-state index in [9.17, 15) is 22.8 Å². The Balaban J connectivity index is 1.45. The van der Waals surface area contributed by atoms with Gasteiger partial charge in [0.25, 0.3) is 0 Å². The van der Waals surface area contributed by atoms with E-state index >= 15 is 0 Å². The number of nitrogens with zero attached hydrogens (tertiary/aromatic N) is 2. The SMILES string of the molecule is O=C(NCC1(C(F)(F)F)CC1)N1CCC(N2CCCC2=O)CC1. The van der Waals surface area contributed by atoms with Crippen molar-refractivity contribution < 1.29 is 22.8 Å². The quantitative estimate of drug-likeness (QED) is 0.860. The van der Waals surface area contributed by atoms with Gasteiger partial charge in [-0.25, -0.2) is 4.79 Å². The van der Waals surface area contributed by atoms with Crippen LogP contribution in [0.4, 0.5) is 18.0 Å². The van der Waals surface area contributed by atoms with Crippen LogP contribution >= 0.6 is 0 Å². The Labute approximate surface area is 133 Å². The molecule has 5 nitrogen and oxygen atoms in total. The standard InChI is InChI=1S/C15H22F3N3O2/c16-15(17,18)14(5-6-14)10-19-13(23)20-8-3-11(4-9-20)21-7-1-2-12(21)22/h11H,1-10H2,(H,19,23). The molecule has 3 amide bonds. The van der Waals surface area contributed by atoms with Crippen molar-refractivity contribution in [2.75, 3.05) is 26.2 Å². The van der Waals surface area contributed by atoms with Gasteiger partial charge < -0.3 is 15.1 Å². The van der Waals surface area contributed by atoms with Crippen molar-refractivity contribution in [2.24, 2.45) is 5.41 Å². The zero-order chi connectivity index (χ0) is 16.7. The minimum absolute atomic E-state index is 0.0932. The molecule has 3 fully saturated rings. The van der Waals surface area contributed by atoms with E-state index in [0.29, 0.717) is 32.4 Å². The molecule has 0 unspecified atom stereocenters. The fraction of sp³-hybridized carbons (Fsp3) is 0.867. The molecular weight excluding hydrogens is 311 g/mol. The zero-order valence-corrected chi connectivity index (χ0v) is 13.0. The lowest BCUT2D eigenvalue weighted by Gasteiger charge is -2.36. The summed E-state index contributed by atoms with van der Waals surface area (Å²) in [5, 5.41) is 2.44. The van der Waals surface area contributed by atoms with Crippen LogP contribution in [0.5, 0.6) is 0 Å². The van der Waals surface area contributed by atoms with E-state index in [1.165, 1.54) is 0 Å². The van der Waals surface area contributed by atoms with Crippen molar-refractivity contribution >= 4 is 11.9 Å². The fourth-order valence-corrected chi connectivity index (χ4v) is 3.50. The predicted octanol–water partition coefficient (Wildman–Crippen LogP) is 2.13. The zero-order valence-electron chi connectivity index (χ0n) is 13.0. The van der Waals surface area contributed by atoms with Gasteiger partial charge in [0.05, 0.1) is 5.41 Å². The highest BCUT2D eigenvalue weighted by atomic mass is 19.4. The molecule has 0 aromatic carbocycles. The summed E-state index contributed by atoms with van der Waals surface area (Å²) in [5.74, 6) is 0.175. The highest BCUT2D eigenvalue weighted by molar-refractivity contribution is 5.78. The van der Waals surface area contributed by atoms with Gasteiger partial charge in [0.2, 0.25) is 5.91 Å². The summed E-state index contributed by atoms with van der Waals surface area (Å²) in [7, 11) is 0. The van der Waals surface area contributed by atoms with E-state index in [1.807, 2.05) is 4.90 Å². The molecule has 3 aliphatic rings. The van der Waals surface area contributed by atoms with Crippen LogP contribution in [0.2, 0.25) is 0 Å². The Morgan fingerprint density at radius 2 is 1.87 bits per heavy atom. The maximum absolute atomic E-state index is 12.8.